The lowest BCUT2D eigenvalue weighted by Crippen LogP contribution is -2.58. The summed E-state index contributed by atoms with van der Waals surface area (Å²) in [5.41, 5.74) is 0. The summed E-state index contributed by atoms with van der Waals surface area (Å²) in [6.07, 6.45) is -0.501. The van der Waals surface area contributed by atoms with Crippen LogP contribution in [0.2, 0.25) is 0 Å². The van der Waals surface area contributed by atoms with Crippen LogP contribution in [0.25, 0.3) is 0 Å². The van der Waals surface area contributed by atoms with Crippen molar-refractivity contribution in [2.75, 3.05) is 34.0 Å². The van der Waals surface area contributed by atoms with E-state index < -0.39 is 21.6 Å². The van der Waals surface area contributed by atoms with E-state index in [0.29, 0.717) is 19.8 Å². The van der Waals surface area contributed by atoms with E-state index in [1.165, 1.54) is 14.2 Å². The fraction of sp³-hybridized carbons (Fsp3) is 0.833. The SMILES string of the molecule is COC1(OC)[C@@]2(Cl)C(Cl)=C(Cl)[C@]1(Cl)[C@@H]1OCCOC[C@@H]12. The Balaban J connectivity index is 2.24. The third-order valence-corrected chi connectivity index (χ3v) is 7.09. The molecule has 0 aromatic heterocycles. The average molecular weight is 364 g/mol. The van der Waals surface area contributed by atoms with Crippen molar-refractivity contribution in [1.82, 2.24) is 0 Å². The fourth-order valence-electron chi connectivity index (χ4n) is 3.63. The molecule has 4 atom stereocenters. The van der Waals surface area contributed by atoms with Crippen LogP contribution in [0.3, 0.4) is 0 Å². The van der Waals surface area contributed by atoms with E-state index in [4.69, 9.17) is 65.4 Å². The number of rotatable bonds is 2. The third-order valence-electron chi connectivity index (χ3n) is 4.46. The van der Waals surface area contributed by atoms with Gasteiger partial charge in [0.15, 0.2) is 4.87 Å². The van der Waals surface area contributed by atoms with Gasteiger partial charge in [0, 0.05) is 20.1 Å². The number of halogens is 4. The first kappa shape index (κ1) is 15.6. The largest absolute Gasteiger partial charge is 0.379 e. The molecule has 20 heavy (non-hydrogen) atoms. The van der Waals surface area contributed by atoms with Crippen molar-refractivity contribution in [2.24, 2.45) is 5.92 Å². The second-order valence-electron chi connectivity index (χ2n) is 5.05. The highest BCUT2D eigenvalue weighted by molar-refractivity contribution is 6.52. The van der Waals surface area contributed by atoms with Crippen LogP contribution in [0.1, 0.15) is 0 Å². The quantitative estimate of drug-likeness (QED) is 0.558. The van der Waals surface area contributed by atoms with E-state index in [1.807, 2.05) is 0 Å². The zero-order valence-corrected chi connectivity index (χ0v) is 13.9. The molecule has 3 aliphatic rings. The minimum atomic E-state index is -1.41. The highest BCUT2D eigenvalue weighted by Gasteiger charge is 2.85. The van der Waals surface area contributed by atoms with Gasteiger partial charge >= 0.3 is 0 Å². The Hall–Kier alpha value is 0.740. The standard InChI is InChI=1S/C12H14Cl4O4/c1-17-12(18-2)10(15)6-5-19-3-4-20-9(6)11(12,16)8(14)7(10)13/h6,9H,3-5H2,1-2H3/t6-,9+,10-,11-/m0/s1. The van der Waals surface area contributed by atoms with Gasteiger partial charge in [-0.1, -0.05) is 23.2 Å². The maximum atomic E-state index is 6.83. The molecule has 0 spiro atoms. The first-order chi connectivity index (χ1) is 9.41. The van der Waals surface area contributed by atoms with Gasteiger partial charge in [0.1, 0.15) is 4.87 Å². The van der Waals surface area contributed by atoms with Crippen molar-refractivity contribution in [3.05, 3.63) is 10.1 Å². The fourth-order valence-corrected chi connectivity index (χ4v) is 5.76. The lowest BCUT2D eigenvalue weighted by molar-refractivity contribution is -0.224. The Bertz CT molecular complexity index is 430. The van der Waals surface area contributed by atoms with Gasteiger partial charge in [0.2, 0.25) is 5.79 Å². The first-order valence-corrected chi connectivity index (χ1v) is 7.66. The van der Waals surface area contributed by atoms with E-state index in [2.05, 4.69) is 0 Å². The van der Waals surface area contributed by atoms with Crippen molar-refractivity contribution >= 4 is 46.4 Å². The van der Waals surface area contributed by atoms with E-state index in [0.717, 1.165) is 0 Å². The van der Waals surface area contributed by atoms with Crippen molar-refractivity contribution < 1.29 is 18.9 Å². The Morgan fingerprint density at radius 3 is 2.25 bits per heavy atom. The van der Waals surface area contributed by atoms with Gasteiger partial charge in [-0.25, -0.2) is 0 Å². The molecule has 0 amide bonds. The van der Waals surface area contributed by atoms with Gasteiger partial charge < -0.3 is 18.9 Å². The lowest BCUT2D eigenvalue weighted by atomic mass is 9.90. The minimum absolute atomic E-state index is 0.211. The Morgan fingerprint density at radius 1 is 1.05 bits per heavy atom. The van der Waals surface area contributed by atoms with Gasteiger partial charge in [-0.05, 0) is 0 Å². The van der Waals surface area contributed by atoms with Gasteiger partial charge in [0.25, 0.3) is 0 Å². The van der Waals surface area contributed by atoms with Crippen molar-refractivity contribution in [3.63, 3.8) is 0 Å². The molecular formula is C12H14Cl4O4. The number of hydrogen-bond donors (Lipinski definition) is 0. The van der Waals surface area contributed by atoms with Crippen LogP contribution >= 0.6 is 46.4 Å². The van der Waals surface area contributed by atoms with Crippen molar-refractivity contribution in [2.45, 2.75) is 21.6 Å². The molecule has 0 aromatic carbocycles. The molecular weight excluding hydrogens is 350 g/mol. The molecule has 0 unspecified atom stereocenters. The molecule has 114 valence electrons. The predicted molar refractivity (Wildman–Crippen MR) is 76.7 cm³/mol. The van der Waals surface area contributed by atoms with Crippen LogP contribution in [0.5, 0.6) is 0 Å². The summed E-state index contributed by atoms with van der Waals surface area (Å²) in [6, 6.07) is 0. The summed E-state index contributed by atoms with van der Waals surface area (Å²) in [6.45, 7) is 1.21. The molecule has 0 aromatic rings. The molecule has 2 aliphatic carbocycles. The molecule has 2 bridgehead atoms. The maximum Gasteiger partial charge on any atom is 0.220 e. The molecule has 2 fully saturated rings. The summed E-state index contributed by atoms with van der Waals surface area (Å²) < 4.78 is 22.5. The van der Waals surface area contributed by atoms with Crippen molar-refractivity contribution in [1.29, 1.82) is 0 Å². The Morgan fingerprint density at radius 2 is 1.65 bits per heavy atom. The van der Waals surface area contributed by atoms with Gasteiger partial charge in [0.05, 0.1) is 36.0 Å². The summed E-state index contributed by atoms with van der Waals surface area (Å²) in [5.74, 6) is -1.73. The zero-order chi connectivity index (χ0) is 14.8. The second kappa shape index (κ2) is 4.87. The molecule has 0 N–H and O–H groups in total. The molecule has 0 radical (unpaired) electrons. The van der Waals surface area contributed by atoms with Crippen LogP contribution in [-0.4, -0.2) is 55.7 Å². The van der Waals surface area contributed by atoms with Crippen LogP contribution in [0, 0.1) is 5.92 Å². The highest BCUT2D eigenvalue weighted by atomic mass is 35.5. The minimum Gasteiger partial charge on any atom is -0.379 e. The Kier molecular flexibility index (Phi) is 3.80. The van der Waals surface area contributed by atoms with Gasteiger partial charge in [-0.3, -0.25) is 0 Å². The molecule has 1 heterocycles. The average Bonchev–Trinajstić information content (AvgIpc) is 2.68. The zero-order valence-electron chi connectivity index (χ0n) is 10.9. The summed E-state index contributed by atoms with van der Waals surface area (Å²) in [5, 5.41) is 0.442. The van der Waals surface area contributed by atoms with E-state index >= 15 is 0 Å². The number of alkyl halides is 2. The maximum absolute atomic E-state index is 6.83. The lowest BCUT2D eigenvalue weighted by Gasteiger charge is -2.41. The summed E-state index contributed by atoms with van der Waals surface area (Å²) in [4.78, 5) is -2.54. The topological polar surface area (TPSA) is 36.9 Å². The smallest absolute Gasteiger partial charge is 0.220 e. The van der Waals surface area contributed by atoms with Crippen LogP contribution in [0.15, 0.2) is 10.1 Å². The van der Waals surface area contributed by atoms with E-state index in [-0.39, 0.29) is 16.0 Å². The molecule has 1 saturated carbocycles. The molecule has 1 aliphatic heterocycles. The summed E-state index contributed by atoms with van der Waals surface area (Å²) in [7, 11) is 2.92. The number of methoxy groups -OCH3 is 2. The van der Waals surface area contributed by atoms with E-state index in [9.17, 15) is 0 Å². The number of fused-ring (bicyclic) bond motifs is 5. The summed E-state index contributed by atoms with van der Waals surface area (Å²) >= 11 is 26.4. The number of hydrogen-bond acceptors (Lipinski definition) is 4. The van der Waals surface area contributed by atoms with Crippen LogP contribution in [0.4, 0.5) is 0 Å². The first-order valence-electron chi connectivity index (χ1n) is 6.15. The monoisotopic (exact) mass is 362 g/mol. The van der Waals surface area contributed by atoms with E-state index in [1.54, 1.807) is 0 Å². The Labute approximate surface area is 137 Å². The van der Waals surface area contributed by atoms with Gasteiger partial charge in [-0.2, -0.15) is 0 Å². The molecule has 8 heteroatoms. The normalized spacial score (nSPS) is 46.5. The van der Waals surface area contributed by atoms with Crippen molar-refractivity contribution in [3.8, 4) is 0 Å². The van der Waals surface area contributed by atoms with Gasteiger partial charge in [-0.15, -0.1) is 23.2 Å². The van der Waals surface area contributed by atoms with Crippen LogP contribution < -0.4 is 0 Å². The number of ether oxygens (including phenoxy) is 4. The van der Waals surface area contributed by atoms with Crippen LogP contribution in [-0.2, 0) is 18.9 Å². The highest BCUT2D eigenvalue weighted by Crippen LogP contribution is 2.72. The third kappa shape index (κ3) is 1.41. The second-order valence-corrected chi connectivity index (χ2v) is 7.00. The predicted octanol–water partition coefficient (Wildman–Crippen LogP) is 2.68. The molecule has 1 saturated heterocycles. The molecule has 3 rings (SSSR count). The molecule has 4 nitrogen and oxygen atoms in total.